The Bertz CT molecular complexity index is 684. The second kappa shape index (κ2) is 5.58. The third-order valence-corrected chi connectivity index (χ3v) is 4.46. The Morgan fingerprint density at radius 1 is 1.10 bits per heavy atom. The van der Waals surface area contributed by atoms with Crippen LogP contribution in [0.15, 0.2) is 40.9 Å². The number of carbonyl (C=O) groups excluding carboxylic acids is 1. The van der Waals surface area contributed by atoms with Gasteiger partial charge >= 0.3 is 0 Å². The van der Waals surface area contributed by atoms with Crippen LogP contribution in [0.2, 0.25) is 5.02 Å². The van der Waals surface area contributed by atoms with E-state index >= 15 is 0 Å². The molecular weight excluding hydrogens is 338 g/mol. The number of fused-ring (bicyclic) bond motifs is 1. The minimum Gasteiger partial charge on any atom is -0.321 e. The lowest BCUT2D eigenvalue weighted by atomic mass is 10.1. The first-order valence-electron chi connectivity index (χ1n) is 6.52. The molecule has 102 valence electrons. The van der Waals surface area contributed by atoms with Crippen molar-refractivity contribution in [2.24, 2.45) is 0 Å². The van der Waals surface area contributed by atoms with E-state index < -0.39 is 0 Å². The topological polar surface area (TPSA) is 29.1 Å². The van der Waals surface area contributed by atoms with E-state index in [9.17, 15) is 4.79 Å². The molecule has 0 saturated heterocycles. The van der Waals surface area contributed by atoms with Crippen LogP contribution in [0, 0.1) is 0 Å². The van der Waals surface area contributed by atoms with Gasteiger partial charge in [-0.3, -0.25) is 4.79 Å². The van der Waals surface area contributed by atoms with Gasteiger partial charge in [0, 0.05) is 15.1 Å². The van der Waals surface area contributed by atoms with Gasteiger partial charge in [-0.05, 0) is 76.7 Å². The highest BCUT2D eigenvalue weighted by molar-refractivity contribution is 9.10. The summed E-state index contributed by atoms with van der Waals surface area (Å²) in [4.78, 5) is 12.3. The summed E-state index contributed by atoms with van der Waals surface area (Å²) in [6.45, 7) is 0. The molecule has 0 unspecified atom stereocenters. The van der Waals surface area contributed by atoms with Crippen LogP contribution < -0.4 is 5.32 Å². The summed E-state index contributed by atoms with van der Waals surface area (Å²) >= 11 is 9.36. The second-order valence-corrected chi connectivity index (χ2v) is 6.21. The smallest absolute Gasteiger partial charge is 0.255 e. The Morgan fingerprint density at radius 3 is 2.75 bits per heavy atom. The lowest BCUT2D eigenvalue weighted by Gasteiger charge is -2.09. The summed E-state index contributed by atoms with van der Waals surface area (Å²) in [5.74, 6) is -0.109. The van der Waals surface area contributed by atoms with Gasteiger partial charge in [-0.25, -0.2) is 0 Å². The molecule has 0 atom stereocenters. The van der Waals surface area contributed by atoms with E-state index in [4.69, 9.17) is 11.6 Å². The number of benzene rings is 2. The van der Waals surface area contributed by atoms with Crippen molar-refractivity contribution in [2.45, 2.75) is 19.3 Å². The van der Waals surface area contributed by atoms with E-state index in [1.165, 1.54) is 17.5 Å². The zero-order valence-electron chi connectivity index (χ0n) is 10.7. The maximum absolute atomic E-state index is 12.3. The number of amides is 1. The Balaban J connectivity index is 1.84. The van der Waals surface area contributed by atoms with Crippen LogP contribution in [0.1, 0.15) is 27.9 Å². The lowest BCUT2D eigenvalue weighted by molar-refractivity contribution is 0.102. The Morgan fingerprint density at radius 2 is 1.90 bits per heavy atom. The zero-order chi connectivity index (χ0) is 14.1. The molecule has 4 heteroatoms. The van der Waals surface area contributed by atoms with Crippen molar-refractivity contribution in [3.05, 3.63) is 62.6 Å². The van der Waals surface area contributed by atoms with Gasteiger partial charge in [-0.15, -0.1) is 0 Å². The molecule has 0 aliphatic heterocycles. The fourth-order valence-corrected chi connectivity index (χ4v) is 3.02. The predicted molar refractivity (Wildman–Crippen MR) is 85.6 cm³/mol. The van der Waals surface area contributed by atoms with E-state index in [0.717, 1.165) is 17.3 Å². The first-order chi connectivity index (χ1) is 9.63. The highest BCUT2D eigenvalue weighted by atomic mass is 79.9. The third-order valence-electron chi connectivity index (χ3n) is 3.54. The average molecular weight is 351 g/mol. The highest BCUT2D eigenvalue weighted by Crippen LogP contribution is 2.27. The molecule has 0 spiro atoms. The molecule has 2 aromatic carbocycles. The monoisotopic (exact) mass is 349 g/mol. The molecule has 2 aromatic rings. The molecule has 0 fully saturated rings. The Kier molecular flexibility index (Phi) is 3.81. The van der Waals surface area contributed by atoms with Crippen LogP contribution in [0.25, 0.3) is 0 Å². The first kappa shape index (κ1) is 13.7. The number of anilines is 1. The predicted octanol–water partition coefficient (Wildman–Crippen LogP) is 4.84. The number of hydrogen-bond donors (Lipinski definition) is 1. The van der Waals surface area contributed by atoms with Crippen molar-refractivity contribution in [3.8, 4) is 0 Å². The van der Waals surface area contributed by atoms with Crippen LogP contribution >= 0.6 is 27.5 Å². The minimum absolute atomic E-state index is 0.109. The molecule has 0 bridgehead atoms. The van der Waals surface area contributed by atoms with E-state index in [1.54, 1.807) is 12.1 Å². The van der Waals surface area contributed by atoms with Gasteiger partial charge < -0.3 is 5.32 Å². The molecule has 2 nitrogen and oxygen atoms in total. The number of nitrogens with one attached hydrogen (secondary N) is 1. The fourth-order valence-electron chi connectivity index (χ4n) is 2.50. The van der Waals surface area contributed by atoms with Crippen molar-refractivity contribution in [1.29, 1.82) is 0 Å². The summed E-state index contributed by atoms with van der Waals surface area (Å²) in [6.07, 6.45) is 3.37. The Labute approximate surface area is 131 Å². The SMILES string of the molecule is O=C(Nc1cc(Cl)ccc1Br)c1ccc2c(c1)CCC2. The molecule has 0 heterocycles. The number of rotatable bonds is 2. The summed E-state index contributed by atoms with van der Waals surface area (Å²) in [6, 6.07) is 11.3. The Hall–Kier alpha value is -1.32. The van der Waals surface area contributed by atoms with Crippen LogP contribution in [0.4, 0.5) is 5.69 Å². The molecule has 0 aromatic heterocycles. The average Bonchev–Trinajstić information content (AvgIpc) is 2.90. The van der Waals surface area contributed by atoms with E-state index in [2.05, 4.69) is 27.3 Å². The third kappa shape index (κ3) is 2.74. The standard InChI is InChI=1S/C16H13BrClNO/c17-14-7-6-13(18)9-15(14)19-16(20)12-5-4-10-2-1-3-11(10)8-12/h4-9H,1-3H2,(H,19,20). The van der Waals surface area contributed by atoms with Crippen LogP contribution in [0.5, 0.6) is 0 Å². The molecule has 1 N–H and O–H groups in total. The minimum atomic E-state index is -0.109. The van der Waals surface area contributed by atoms with Crippen LogP contribution in [-0.2, 0) is 12.8 Å². The zero-order valence-corrected chi connectivity index (χ0v) is 13.1. The van der Waals surface area contributed by atoms with Crippen molar-refractivity contribution in [2.75, 3.05) is 5.32 Å². The van der Waals surface area contributed by atoms with Gasteiger partial charge in [0.2, 0.25) is 0 Å². The van der Waals surface area contributed by atoms with Crippen molar-refractivity contribution >= 4 is 39.1 Å². The second-order valence-electron chi connectivity index (χ2n) is 4.92. The number of carbonyl (C=O) groups is 1. The molecule has 0 saturated carbocycles. The maximum Gasteiger partial charge on any atom is 0.255 e. The normalized spacial score (nSPS) is 13.1. The summed E-state index contributed by atoms with van der Waals surface area (Å²) in [5, 5.41) is 3.48. The van der Waals surface area contributed by atoms with Gasteiger partial charge in [0.25, 0.3) is 5.91 Å². The quantitative estimate of drug-likeness (QED) is 0.824. The molecule has 3 rings (SSSR count). The lowest BCUT2D eigenvalue weighted by Crippen LogP contribution is -2.12. The van der Waals surface area contributed by atoms with E-state index in [1.807, 2.05) is 18.2 Å². The molecule has 1 amide bonds. The van der Waals surface area contributed by atoms with Gasteiger partial charge in [-0.2, -0.15) is 0 Å². The number of halogens is 2. The van der Waals surface area contributed by atoms with Crippen molar-refractivity contribution in [1.82, 2.24) is 0 Å². The molecular formula is C16H13BrClNO. The number of aryl methyl sites for hydroxylation is 2. The highest BCUT2D eigenvalue weighted by Gasteiger charge is 2.14. The molecule has 20 heavy (non-hydrogen) atoms. The summed E-state index contributed by atoms with van der Waals surface area (Å²) < 4.78 is 0.816. The number of hydrogen-bond acceptors (Lipinski definition) is 1. The maximum atomic E-state index is 12.3. The molecule has 1 aliphatic rings. The summed E-state index contributed by atoms with van der Waals surface area (Å²) in [7, 11) is 0. The van der Waals surface area contributed by atoms with Crippen LogP contribution in [0.3, 0.4) is 0 Å². The van der Waals surface area contributed by atoms with Gasteiger partial charge in [0.1, 0.15) is 0 Å². The van der Waals surface area contributed by atoms with E-state index in [-0.39, 0.29) is 5.91 Å². The van der Waals surface area contributed by atoms with Gasteiger partial charge in [-0.1, -0.05) is 17.7 Å². The van der Waals surface area contributed by atoms with Crippen molar-refractivity contribution in [3.63, 3.8) is 0 Å². The fraction of sp³-hybridized carbons (Fsp3) is 0.188. The molecule has 1 aliphatic carbocycles. The first-order valence-corrected chi connectivity index (χ1v) is 7.69. The van der Waals surface area contributed by atoms with Gasteiger partial charge in [0.15, 0.2) is 0 Å². The van der Waals surface area contributed by atoms with Gasteiger partial charge in [0.05, 0.1) is 5.69 Å². The van der Waals surface area contributed by atoms with E-state index in [0.29, 0.717) is 16.3 Å². The summed E-state index contributed by atoms with van der Waals surface area (Å²) in [5.41, 5.74) is 4.04. The van der Waals surface area contributed by atoms with Crippen LogP contribution in [-0.4, -0.2) is 5.91 Å². The van der Waals surface area contributed by atoms with Crippen molar-refractivity contribution < 1.29 is 4.79 Å². The largest absolute Gasteiger partial charge is 0.321 e. The molecule has 0 radical (unpaired) electrons.